The fraction of sp³-hybridized carbons (Fsp3) is 0.286. The Hall–Kier alpha value is -2.78. The lowest BCUT2D eigenvalue weighted by Gasteiger charge is -2.32. The fourth-order valence-corrected chi connectivity index (χ4v) is 5.75. The second-order valence-electron chi connectivity index (χ2n) is 9.05. The maximum absolute atomic E-state index is 13.9. The van der Waals surface area contributed by atoms with Gasteiger partial charge in [-0.2, -0.15) is 0 Å². The van der Waals surface area contributed by atoms with Crippen LogP contribution in [0.1, 0.15) is 32.8 Å². The van der Waals surface area contributed by atoms with E-state index in [1.807, 2.05) is 13.8 Å². The predicted molar refractivity (Wildman–Crippen MR) is 157 cm³/mol. The molecule has 3 aromatic rings. The third kappa shape index (κ3) is 7.88. The van der Waals surface area contributed by atoms with E-state index in [2.05, 4.69) is 5.32 Å². The van der Waals surface area contributed by atoms with Crippen LogP contribution in [0.25, 0.3) is 0 Å². The van der Waals surface area contributed by atoms with Crippen LogP contribution < -0.4 is 9.62 Å². The molecule has 0 saturated carbocycles. The van der Waals surface area contributed by atoms with Gasteiger partial charge in [0.15, 0.2) is 0 Å². The van der Waals surface area contributed by atoms with Gasteiger partial charge in [0.1, 0.15) is 12.6 Å². The molecule has 0 heterocycles. The number of benzene rings is 3. The van der Waals surface area contributed by atoms with E-state index in [1.54, 1.807) is 55.5 Å². The summed E-state index contributed by atoms with van der Waals surface area (Å²) < 4.78 is 28.5. The topological polar surface area (TPSA) is 86.8 Å². The van der Waals surface area contributed by atoms with Gasteiger partial charge in [-0.05, 0) is 74.4 Å². The highest BCUT2D eigenvalue weighted by Gasteiger charge is 2.33. The van der Waals surface area contributed by atoms with Crippen LogP contribution in [-0.4, -0.2) is 43.8 Å². The summed E-state index contributed by atoms with van der Waals surface area (Å²) in [5.41, 5.74) is 0.853. The van der Waals surface area contributed by atoms with E-state index in [-0.39, 0.29) is 23.4 Å². The Morgan fingerprint density at radius 2 is 1.51 bits per heavy atom. The van der Waals surface area contributed by atoms with E-state index in [0.717, 1.165) is 4.31 Å². The molecule has 0 fully saturated rings. The Kier molecular flexibility index (Phi) is 10.7. The average Bonchev–Trinajstić information content (AvgIpc) is 2.91. The lowest BCUT2D eigenvalue weighted by atomic mass is 10.1. The van der Waals surface area contributed by atoms with Gasteiger partial charge in [-0.25, -0.2) is 8.42 Å². The summed E-state index contributed by atoms with van der Waals surface area (Å²) in [5.74, 6) is -0.955. The Balaban J connectivity index is 2.02. The third-order valence-corrected chi connectivity index (χ3v) is 8.88. The highest BCUT2D eigenvalue weighted by atomic mass is 35.5. The highest BCUT2D eigenvalue weighted by Crippen LogP contribution is 2.27. The van der Waals surface area contributed by atoms with E-state index >= 15 is 0 Å². The molecule has 11 heteroatoms. The van der Waals surface area contributed by atoms with Crippen molar-refractivity contribution in [2.75, 3.05) is 10.8 Å². The molecular formula is C28H30Cl3N3O4S. The van der Waals surface area contributed by atoms with Crippen molar-refractivity contribution < 1.29 is 18.0 Å². The van der Waals surface area contributed by atoms with Crippen LogP contribution in [0.2, 0.25) is 15.1 Å². The van der Waals surface area contributed by atoms with Crippen molar-refractivity contribution in [3.63, 3.8) is 0 Å². The lowest BCUT2D eigenvalue weighted by Crippen LogP contribution is -2.52. The van der Waals surface area contributed by atoms with Crippen molar-refractivity contribution in [1.82, 2.24) is 10.2 Å². The molecule has 1 N–H and O–H groups in total. The number of nitrogens with one attached hydrogen (secondary N) is 1. The average molecular weight is 611 g/mol. The zero-order valence-corrected chi connectivity index (χ0v) is 24.9. The zero-order chi connectivity index (χ0) is 28.7. The van der Waals surface area contributed by atoms with E-state index in [4.69, 9.17) is 34.8 Å². The summed E-state index contributed by atoms with van der Waals surface area (Å²) in [6, 6.07) is 17.8. The minimum absolute atomic E-state index is 0.0292. The lowest BCUT2D eigenvalue weighted by molar-refractivity contribution is -0.139. The Bertz CT molecular complexity index is 1400. The molecule has 0 unspecified atom stereocenters. The molecule has 0 aliphatic carbocycles. The van der Waals surface area contributed by atoms with Gasteiger partial charge in [0.2, 0.25) is 11.8 Å². The number of amides is 2. The predicted octanol–water partition coefficient (Wildman–Crippen LogP) is 6.17. The molecule has 0 saturated heterocycles. The second kappa shape index (κ2) is 13.5. The van der Waals surface area contributed by atoms with Crippen LogP contribution in [0.4, 0.5) is 5.69 Å². The summed E-state index contributed by atoms with van der Waals surface area (Å²) in [6.45, 7) is 4.81. The van der Waals surface area contributed by atoms with Crippen molar-refractivity contribution in [2.45, 2.75) is 50.7 Å². The molecular weight excluding hydrogens is 581 g/mol. The van der Waals surface area contributed by atoms with Gasteiger partial charge in [-0.15, -0.1) is 0 Å². The van der Waals surface area contributed by atoms with E-state index < -0.39 is 28.5 Å². The third-order valence-electron chi connectivity index (χ3n) is 6.25. The highest BCUT2D eigenvalue weighted by molar-refractivity contribution is 7.92. The molecule has 0 aliphatic rings. The normalized spacial score (nSPS) is 12.9. The number of sulfonamides is 1. The number of hydrogen-bond acceptors (Lipinski definition) is 4. The summed E-state index contributed by atoms with van der Waals surface area (Å²) in [6.07, 6.45) is 0.705. The molecule has 2 amide bonds. The van der Waals surface area contributed by atoms with Gasteiger partial charge < -0.3 is 10.2 Å². The standard InChI is InChI=1S/C28H30Cl3N3O4S/c1-4-19(2)32-28(36)20(3)33(17-21-10-11-23(30)16-26(21)31)27(35)18-34(24-8-6-5-7-9-24)39(37,38)25-14-12-22(29)13-15-25/h5-16,19-20H,4,17-18H2,1-3H3,(H,32,36)/t19-,20+/m1/s1. The monoisotopic (exact) mass is 609 g/mol. The number of nitrogens with zero attached hydrogens (tertiary/aromatic N) is 2. The maximum Gasteiger partial charge on any atom is 0.264 e. The summed E-state index contributed by atoms with van der Waals surface area (Å²) in [4.78, 5) is 28.3. The van der Waals surface area contributed by atoms with Crippen molar-refractivity contribution in [3.8, 4) is 0 Å². The molecule has 0 spiro atoms. The van der Waals surface area contributed by atoms with Crippen LogP contribution in [-0.2, 0) is 26.2 Å². The number of rotatable bonds is 11. The molecule has 39 heavy (non-hydrogen) atoms. The van der Waals surface area contributed by atoms with Crippen LogP contribution in [0.15, 0.2) is 77.7 Å². The number of carbonyl (C=O) groups is 2. The van der Waals surface area contributed by atoms with E-state index in [9.17, 15) is 18.0 Å². The number of anilines is 1. The first-order valence-corrected chi connectivity index (χ1v) is 14.9. The van der Waals surface area contributed by atoms with Gasteiger partial charge in [0.05, 0.1) is 10.6 Å². The summed E-state index contributed by atoms with van der Waals surface area (Å²) >= 11 is 18.4. The number of hydrogen-bond donors (Lipinski definition) is 1. The molecule has 0 aliphatic heterocycles. The maximum atomic E-state index is 13.9. The minimum Gasteiger partial charge on any atom is -0.352 e. The van der Waals surface area contributed by atoms with Crippen molar-refractivity contribution >= 4 is 62.3 Å². The molecule has 0 radical (unpaired) electrons. The summed E-state index contributed by atoms with van der Waals surface area (Å²) in [7, 11) is -4.17. The largest absolute Gasteiger partial charge is 0.352 e. The molecule has 2 atom stereocenters. The first-order chi connectivity index (χ1) is 18.4. The van der Waals surface area contributed by atoms with Gasteiger partial charge in [-0.1, -0.05) is 66.0 Å². The molecule has 0 aromatic heterocycles. The quantitative estimate of drug-likeness (QED) is 0.281. The minimum atomic E-state index is -4.17. The Labute approximate surface area is 244 Å². The van der Waals surface area contributed by atoms with Crippen LogP contribution >= 0.6 is 34.8 Å². The van der Waals surface area contributed by atoms with Gasteiger partial charge in [0, 0.05) is 27.7 Å². The number of carbonyl (C=O) groups excluding carboxylic acids is 2. The SMILES string of the molecule is CC[C@@H](C)NC(=O)[C@H](C)N(Cc1ccc(Cl)cc1Cl)C(=O)CN(c1ccccc1)S(=O)(=O)c1ccc(Cl)cc1. The van der Waals surface area contributed by atoms with Crippen molar-refractivity contribution in [3.05, 3.63) is 93.4 Å². The first-order valence-electron chi connectivity index (χ1n) is 12.3. The Morgan fingerprint density at radius 1 is 0.897 bits per heavy atom. The fourth-order valence-electron chi connectivity index (χ4n) is 3.74. The number of halogens is 3. The van der Waals surface area contributed by atoms with Gasteiger partial charge >= 0.3 is 0 Å². The van der Waals surface area contributed by atoms with E-state index in [1.165, 1.54) is 29.2 Å². The molecule has 3 rings (SSSR count). The van der Waals surface area contributed by atoms with Crippen molar-refractivity contribution in [1.29, 1.82) is 0 Å². The molecule has 7 nitrogen and oxygen atoms in total. The van der Waals surface area contributed by atoms with Gasteiger partial charge in [0.25, 0.3) is 10.0 Å². The van der Waals surface area contributed by atoms with Gasteiger partial charge in [-0.3, -0.25) is 13.9 Å². The molecule has 208 valence electrons. The van der Waals surface area contributed by atoms with Crippen LogP contribution in [0.3, 0.4) is 0 Å². The van der Waals surface area contributed by atoms with Crippen LogP contribution in [0, 0.1) is 0 Å². The molecule has 0 bridgehead atoms. The number of para-hydroxylation sites is 1. The second-order valence-corrected chi connectivity index (χ2v) is 12.2. The first kappa shape index (κ1) is 30.8. The molecule has 3 aromatic carbocycles. The summed E-state index contributed by atoms with van der Waals surface area (Å²) in [5, 5.41) is 4.01. The smallest absolute Gasteiger partial charge is 0.264 e. The van der Waals surface area contributed by atoms with E-state index in [0.29, 0.717) is 32.7 Å². The van der Waals surface area contributed by atoms with Crippen molar-refractivity contribution in [2.24, 2.45) is 0 Å². The van der Waals surface area contributed by atoms with Crippen LogP contribution in [0.5, 0.6) is 0 Å². The Morgan fingerprint density at radius 3 is 2.10 bits per heavy atom. The zero-order valence-electron chi connectivity index (χ0n) is 21.8.